The van der Waals surface area contributed by atoms with Gasteiger partial charge in [0.15, 0.2) is 6.10 Å². The van der Waals surface area contributed by atoms with Gasteiger partial charge in [-0.05, 0) is 57.7 Å². The number of carbonyl (C=O) groups is 2. The Morgan fingerprint density at radius 2 is 1.96 bits per heavy atom. The van der Waals surface area contributed by atoms with Crippen molar-refractivity contribution in [1.82, 2.24) is 15.5 Å². The second-order valence-electron chi connectivity index (χ2n) is 7.84. The fourth-order valence-electron chi connectivity index (χ4n) is 3.96. The van der Waals surface area contributed by atoms with Crippen molar-refractivity contribution in [2.24, 2.45) is 5.92 Å². The van der Waals surface area contributed by atoms with E-state index < -0.39 is 12.1 Å². The van der Waals surface area contributed by atoms with Crippen LogP contribution in [-0.4, -0.2) is 55.1 Å². The number of likely N-dealkylation sites (tertiary alicyclic amines) is 1. The van der Waals surface area contributed by atoms with Gasteiger partial charge in [0.25, 0.3) is 5.91 Å². The summed E-state index contributed by atoms with van der Waals surface area (Å²) < 4.78 is 5.57. The number of ether oxygens (including phenoxy) is 1. The predicted octanol–water partition coefficient (Wildman–Crippen LogP) is 1.87. The highest BCUT2D eigenvalue weighted by atomic mass is 16.5. The number of nitrogens with zero attached hydrogens (tertiary/aromatic N) is 1. The molecule has 6 nitrogen and oxygen atoms in total. The molecule has 1 aromatic rings. The van der Waals surface area contributed by atoms with Gasteiger partial charge < -0.3 is 20.3 Å². The molecule has 2 N–H and O–H groups in total. The quantitative estimate of drug-likeness (QED) is 0.799. The minimum atomic E-state index is -0.687. The van der Waals surface area contributed by atoms with E-state index in [1.807, 2.05) is 30.3 Å². The van der Waals surface area contributed by atoms with E-state index in [2.05, 4.69) is 29.4 Å². The molecule has 27 heavy (non-hydrogen) atoms. The van der Waals surface area contributed by atoms with Crippen LogP contribution in [0, 0.1) is 5.92 Å². The first-order valence-electron chi connectivity index (χ1n) is 10.0. The van der Waals surface area contributed by atoms with Gasteiger partial charge in [0.2, 0.25) is 5.91 Å². The molecule has 6 heteroatoms. The Morgan fingerprint density at radius 1 is 1.26 bits per heavy atom. The van der Waals surface area contributed by atoms with Crippen molar-refractivity contribution < 1.29 is 14.3 Å². The van der Waals surface area contributed by atoms with E-state index in [9.17, 15) is 9.59 Å². The zero-order valence-corrected chi connectivity index (χ0v) is 16.3. The maximum Gasteiger partial charge on any atom is 0.251 e. The standard InChI is InChI=1S/C21H31N3O3/c1-15(2)24-12-9-16(10-13-24)8-11-22-21(26)20-19(23-18(25)14-27-20)17-6-4-3-5-7-17/h3-7,15-16,19-20H,8-14H2,1-2H3,(H,22,26)(H,23,25)/t19-,20+/m1/s1. The molecule has 2 heterocycles. The molecule has 0 radical (unpaired) electrons. The van der Waals surface area contributed by atoms with E-state index in [1.165, 1.54) is 12.8 Å². The number of piperidine rings is 1. The summed E-state index contributed by atoms with van der Waals surface area (Å²) in [5, 5.41) is 5.91. The first kappa shape index (κ1) is 19.8. The van der Waals surface area contributed by atoms with Gasteiger partial charge in [-0.15, -0.1) is 0 Å². The number of morpholine rings is 1. The molecule has 0 saturated carbocycles. The Bertz CT molecular complexity index is 627. The van der Waals surface area contributed by atoms with Crippen LogP contribution in [-0.2, 0) is 14.3 Å². The monoisotopic (exact) mass is 373 g/mol. The molecule has 3 rings (SSSR count). The van der Waals surface area contributed by atoms with Gasteiger partial charge in [-0.1, -0.05) is 30.3 Å². The molecular weight excluding hydrogens is 342 g/mol. The maximum atomic E-state index is 12.7. The van der Waals surface area contributed by atoms with E-state index in [0.717, 1.165) is 25.1 Å². The SMILES string of the molecule is CC(C)N1CCC(CCNC(=O)[C@H]2OCC(=O)N[C@@H]2c2ccccc2)CC1. The van der Waals surface area contributed by atoms with Crippen molar-refractivity contribution in [1.29, 1.82) is 0 Å². The number of rotatable bonds is 6. The predicted molar refractivity (Wildman–Crippen MR) is 104 cm³/mol. The first-order chi connectivity index (χ1) is 13.0. The highest BCUT2D eigenvalue weighted by Gasteiger charge is 2.35. The summed E-state index contributed by atoms with van der Waals surface area (Å²) in [6.45, 7) is 7.35. The van der Waals surface area contributed by atoms with Crippen LogP contribution >= 0.6 is 0 Å². The second kappa shape index (κ2) is 9.33. The molecule has 0 spiro atoms. The Kier molecular flexibility index (Phi) is 6.85. The van der Waals surface area contributed by atoms with Crippen LogP contribution in [0.25, 0.3) is 0 Å². The van der Waals surface area contributed by atoms with Crippen molar-refractivity contribution in [2.75, 3.05) is 26.2 Å². The van der Waals surface area contributed by atoms with Gasteiger partial charge >= 0.3 is 0 Å². The second-order valence-corrected chi connectivity index (χ2v) is 7.84. The van der Waals surface area contributed by atoms with Gasteiger partial charge in [0.1, 0.15) is 6.61 Å². The molecule has 0 bridgehead atoms. The molecule has 2 aliphatic heterocycles. The summed E-state index contributed by atoms with van der Waals surface area (Å²) >= 11 is 0. The molecule has 0 unspecified atom stereocenters. The molecule has 2 atom stereocenters. The summed E-state index contributed by atoms with van der Waals surface area (Å²) in [4.78, 5) is 26.9. The lowest BCUT2D eigenvalue weighted by atomic mass is 9.93. The highest BCUT2D eigenvalue weighted by Crippen LogP contribution is 2.23. The van der Waals surface area contributed by atoms with E-state index in [1.54, 1.807) is 0 Å². The average Bonchev–Trinajstić information content (AvgIpc) is 2.69. The van der Waals surface area contributed by atoms with Crippen molar-refractivity contribution in [3.8, 4) is 0 Å². The molecular formula is C21H31N3O3. The van der Waals surface area contributed by atoms with Gasteiger partial charge in [0.05, 0.1) is 6.04 Å². The van der Waals surface area contributed by atoms with Gasteiger partial charge in [0, 0.05) is 12.6 Å². The summed E-state index contributed by atoms with van der Waals surface area (Å²) in [5.41, 5.74) is 0.881. The minimum absolute atomic E-state index is 0.0743. The topological polar surface area (TPSA) is 70.7 Å². The smallest absolute Gasteiger partial charge is 0.251 e. The van der Waals surface area contributed by atoms with Crippen LogP contribution in [0.15, 0.2) is 30.3 Å². The molecule has 1 aromatic carbocycles. The van der Waals surface area contributed by atoms with Crippen LogP contribution < -0.4 is 10.6 Å². The van der Waals surface area contributed by atoms with Crippen LogP contribution in [0.5, 0.6) is 0 Å². The molecule has 2 saturated heterocycles. The number of nitrogens with one attached hydrogen (secondary N) is 2. The zero-order valence-electron chi connectivity index (χ0n) is 16.3. The lowest BCUT2D eigenvalue weighted by Gasteiger charge is -2.35. The third-order valence-corrected chi connectivity index (χ3v) is 5.66. The summed E-state index contributed by atoms with van der Waals surface area (Å²) in [6, 6.07) is 9.68. The van der Waals surface area contributed by atoms with Crippen molar-refractivity contribution in [3.05, 3.63) is 35.9 Å². The first-order valence-corrected chi connectivity index (χ1v) is 10.0. The van der Waals surface area contributed by atoms with Gasteiger partial charge in [-0.2, -0.15) is 0 Å². The molecule has 2 amide bonds. The largest absolute Gasteiger partial charge is 0.356 e. The normalized spacial score (nSPS) is 24.6. The molecule has 0 aliphatic carbocycles. The maximum absolute atomic E-state index is 12.7. The van der Waals surface area contributed by atoms with Crippen molar-refractivity contribution in [2.45, 2.75) is 51.3 Å². The summed E-state index contributed by atoms with van der Waals surface area (Å²) in [6.07, 6.45) is 2.69. The Morgan fingerprint density at radius 3 is 2.63 bits per heavy atom. The lowest BCUT2D eigenvalue weighted by molar-refractivity contribution is -0.148. The third-order valence-electron chi connectivity index (χ3n) is 5.66. The Balaban J connectivity index is 1.49. The zero-order chi connectivity index (χ0) is 19.2. The van der Waals surface area contributed by atoms with E-state index in [-0.39, 0.29) is 18.4 Å². The van der Waals surface area contributed by atoms with Crippen molar-refractivity contribution in [3.63, 3.8) is 0 Å². The molecule has 0 aromatic heterocycles. The Labute approximate surface area is 161 Å². The van der Waals surface area contributed by atoms with Crippen molar-refractivity contribution >= 4 is 11.8 Å². The highest BCUT2D eigenvalue weighted by molar-refractivity contribution is 5.86. The minimum Gasteiger partial charge on any atom is -0.356 e. The van der Waals surface area contributed by atoms with E-state index >= 15 is 0 Å². The Hall–Kier alpha value is -1.92. The fourth-order valence-corrected chi connectivity index (χ4v) is 3.96. The van der Waals surface area contributed by atoms with E-state index in [0.29, 0.717) is 18.5 Å². The lowest BCUT2D eigenvalue weighted by Crippen LogP contribution is -2.52. The van der Waals surface area contributed by atoms with Crippen LogP contribution in [0.1, 0.15) is 44.7 Å². The summed E-state index contributed by atoms with van der Waals surface area (Å²) in [5.74, 6) is 0.325. The molecule has 148 valence electrons. The van der Waals surface area contributed by atoms with Gasteiger partial charge in [-0.25, -0.2) is 0 Å². The summed E-state index contributed by atoms with van der Waals surface area (Å²) in [7, 11) is 0. The third kappa shape index (κ3) is 5.30. The number of hydrogen-bond acceptors (Lipinski definition) is 4. The fraction of sp³-hybridized carbons (Fsp3) is 0.619. The molecule has 2 aliphatic rings. The average molecular weight is 373 g/mol. The van der Waals surface area contributed by atoms with Crippen LogP contribution in [0.4, 0.5) is 0 Å². The number of carbonyl (C=O) groups excluding carboxylic acids is 2. The van der Waals surface area contributed by atoms with Crippen LogP contribution in [0.2, 0.25) is 0 Å². The van der Waals surface area contributed by atoms with E-state index in [4.69, 9.17) is 4.74 Å². The number of amides is 2. The van der Waals surface area contributed by atoms with Crippen LogP contribution in [0.3, 0.4) is 0 Å². The number of benzene rings is 1. The number of hydrogen-bond donors (Lipinski definition) is 2. The van der Waals surface area contributed by atoms with Gasteiger partial charge in [-0.3, -0.25) is 9.59 Å². The molecule has 2 fully saturated rings.